The third kappa shape index (κ3) is 18.7. The summed E-state index contributed by atoms with van der Waals surface area (Å²) in [7, 11) is 0.663. The molecular weight excluding hydrogens is 456 g/mol. The average molecular weight is 492 g/mol. The zero-order valence-electron chi connectivity index (χ0n) is 16.2. The van der Waals surface area contributed by atoms with Crippen LogP contribution in [0.2, 0.25) is 39.3 Å². The fourth-order valence-electron chi connectivity index (χ4n) is 1.89. The molecule has 0 atom stereocenters. The van der Waals surface area contributed by atoms with Gasteiger partial charge >= 0.3 is 0 Å². The zero-order chi connectivity index (χ0) is 19.3. The largest absolute Gasteiger partial charge is 0.264 e. The van der Waals surface area contributed by atoms with Crippen molar-refractivity contribution in [3.8, 4) is 0 Å². The summed E-state index contributed by atoms with van der Waals surface area (Å²) in [4.78, 5) is 7.83. The molecule has 0 saturated heterocycles. The van der Waals surface area contributed by atoms with Gasteiger partial charge in [0.2, 0.25) is 0 Å². The van der Waals surface area contributed by atoms with Gasteiger partial charge < -0.3 is 0 Å². The first kappa shape index (κ1) is 28.1. The molecule has 0 saturated carbocycles. The Morgan fingerprint density at radius 1 is 0.885 bits per heavy atom. The van der Waals surface area contributed by atoms with Crippen LogP contribution in [0.15, 0.2) is 49.1 Å². The summed E-state index contributed by atoms with van der Waals surface area (Å²) >= 11 is 7.39. The molecule has 2 aromatic heterocycles. The predicted octanol–water partition coefficient (Wildman–Crippen LogP) is 7.51. The van der Waals surface area contributed by atoms with Gasteiger partial charge in [-0.2, -0.15) is 12.6 Å². The third-order valence-corrected chi connectivity index (χ3v) is 19.3. The maximum absolute atomic E-state index is 4.07. The van der Waals surface area contributed by atoms with Crippen molar-refractivity contribution in [2.45, 2.75) is 57.8 Å². The van der Waals surface area contributed by atoms with Gasteiger partial charge in [0.1, 0.15) is 14.4 Å². The predicted molar refractivity (Wildman–Crippen MR) is 135 cm³/mol. The highest BCUT2D eigenvalue weighted by Crippen LogP contribution is 2.29. The van der Waals surface area contributed by atoms with E-state index in [0.29, 0.717) is 0 Å². The summed E-state index contributed by atoms with van der Waals surface area (Å²) in [5, 5.41) is 0.890. The fourth-order valence-corrected chi connectivity index (χ4v) is 26.3. The second kappa shape index (κ2) is 14.9. The second-order valence-electron chi connectivity index (χ2n) is 7.34. The van der Waals surface area contributed by atoms with Gasteiger partial charge in [0, 0.05) is 35.9 Å². The van der Waals surface area contributed by atoms with Crippen LogP contribution < -0.4 is 0 Å². The molecule has 7 heteroatoms. The van der Waals surface area contributed by atoms with E-state index in [9.17, 15) is 0 Å². The summed E-state index contributed by atoms with van der Waals surface area (Å²) in [5.74, 6) is 0.772. The minimum absolute atomic E-state index is 0. The van der Waals surface area contributed by atoms with Crippen LogP contribution in [0.3, 0.4) is 0 Å². The molecule has 0 amide bonds. The molecule has 0 radical (unpaired) electrons. The maximum Gasteiger partial charge on any atom is 0.101 e. The normalized spacial score (nSPS) is 10.5. The van der Waals surface area contributed by atoms with Gasteiger partial charge in [-0.05, 0) is 23.3 Å². The minimum Gasteiger partial charge on any atom is -0.264 e. The molecule has 0 spiro atoms. The lowest BCUT2D eigenvalue weighted by Gasteiger charge is -2.25. The Labute approximate surface area is 180 Å². The highest BCUT2D eigenvalue weighted by molar-refractivity contribution is 9.08. The Balaban J connectivity index is 0. The van der Waals surface area contributed by atoms with Crippen LogP contribution in [-0.2, 0) is 11.1 Å². The number of rotatable bonds is 4. The summed E-state index contributed by atoms with van der Waals surface area (Å²) in [5.41, 5.74) is 2.38. The van der Waals surface area contributed by atoms with Crippen LogP contribution in [0, 0.1) is 0 Å². The maximum atomic E-state index is 4.07. The highest BCUT2D eigenvalue weighted by Gasteiger charge is 2.24. The Morgan fingerprint density at radius 2 is 1.31 bits per heavy atom. The number of alkyl halides is 1. The van der Waals surface area contributed by atoms with Gasteiger partial charge in [-0.15, -0.1) is 0 Å². The lowest BCUT2D eigenvalue weighted by molar-refractivity contribution is 1.26. The Kier molecular flexibility index (Phi) is 16.1. The first-order chi connectivity index (χ1) is 11.6. The molecule has 2 heterocycles. The fraction of sp³-hybridized carbons (Fsp3) is 0.474. The summed E-state index contributed by atoms with van der Waals surface area (Å²) in [6, 6.07) is 7.86. The Hall–Kier alpha value is -0.0862. The summed E-state index contributed by atoms with van der Waals surface area (Å²) < 4.78 is 0. The van der Waals surface area contributed by atoms with Crippen molar-refractivity contribution in [2.24, 2.45) is 0 Å². The van der Waals surface area contributed by atoms with E-state index in [1.165, 1.54) is 5.56 Å². The molecule has 0 fully saturated rings. The van der Waals surface area contributed by atoms with Crippen molar-refractivity contribution < 1.29 is 0 Å². The van der Waals surface area contributed by atoms with Crippen molar-refractivity contribution in [2.75, 3.05) is 0 Å². The monoisotopic (exact) mass is 490 g/mol. The smallest absolute Gasteiger partial charge is 0.101 e. The van der Waals surface area contributed by atoms with E-state index in [-0.39, 0.29) is 7.43 Å². The molecule has 2 rings (SSSR count). The number of aromatic nitrogens is 2. The van der Waals surface area contributed by atoms with Crippen molar-refractivity contribution in [1.82, 2.24) is 9.97 Å². The van der Waals surface area contributed by atoms with Crippen LogP contribution in [-0.4, -0.2) is 24.4 Å². The number of hydrogen-bond acceptors (Lipinski definition) is 4. The van der Waals surface area contributed by atoms with Gasteiger partial charge in [-0.25, -0.2) is 10.7 Å². The minimum atomic E-state index is -0.814. The molecule has 0 bridgehead atoms. The van der Waals surface area contributed by atoms with Gasteiger partial charge in [-0.3, -0.25) is 9.97 Å². The number of pyridine rings is 2. The van der Waals surface area contributed by atoms with Gasteiger partial charge in [0.15, 0.2) is 0 Å². The molecule has 0 aliphatic heterocycles. The summed E-state index contributed by atoms with van der Waals surface area (Å²) in [6.45, 7) is 14.6. The number of thiol groups is 1. The number of hydrogen-bond donors (Lipinski definition) is 1. The van der Waals surface area contributed by atoms with Crippen LogP contribution in [0.4, 0.5) is 0 Å². The molecular formula is C19H35BrN2S2Si2. The number of nitrogens with zero attached hydrogens (tertiary/aromatic N) is 2. The van der Waals surface area contributed by atoms with Gasteiger partial charge in [-0.1, -0.05) is 74.8 Å². The zero-order valence-corrected chi connectivity index (χ0v) is 21.5. The molecule has 0 aromatic carbocycles. The molecule has 148 valence electrons. The van der Waals surface area contributed by atoms with E-state index in [4.69, 9.17) is 0 Å². The van der Waals surface area contributed by atoms with Gasteiger partial charge in [0.25, 0.3) is 0 Å². The molecule has 2 nitrogen and oxygen atoms in total. The topological polar surface area (TPSA) is 25.8 Å². The van der Waals surface area contributed by atoms with Crippen molar-refractivity contribution in [1.29, 1.82) is 0 Å². The molecule has 2 aromatic rings. The molecule has 0 aliphatic rings. The van der Waals surface area contributed by atoms with Crippen molar-refractivity contribution in [3.63, 3.8) is 0 Å². The molecule has 0 unspecified atom stereocenters. The molecule has 0 N–H and O–H groups in total. The first-order valence-electron chi connectivity index (χ1n) is 8.22. The summed E-state index contributed by atoms with van der Waals surface area (Å²) in [6.07, 6.45) is 7.18. The SMILES string of the molecule is BrCc1cccnc1.C.C[Si](C)(C)S[Si](C)(C)C.SCc1cccnc1. The van der Waals surface area contributed by atoms with Gasteiger partial charge in [0.05, 0.1) is 0 Å². The van der Waals surface area contributed by atoms with Crippen molar-refractivity contribution in [3.05, 3.63) is 60.2 Å². The van der Waals surface area contributed by atoms with E-state index in [1.54, 1.807) is 12.4 Å². The van der Waals surface area contributed by atoms with Crippen LogP contribution in [0.1, 0.15) is 18.6 Å². The standard InChI is InChI=1S/C6H6BrN.C6H7NS.C6H18SSi2.CH4/c7-4-6-2-1-3-8-5-6;8-5-6-2-1-3-7-4-6;1-8(2,3)7-9(4,5)6;/h1-3,5H,4H2;1-4,8H,5H2;1-6H3;1H4. The van der Waals surface area contributed by atoms with Crippen LogP contribution in [0.25, 0.3) is 0 Å². The van der Waals surface area contributed by atoms with E-state index in [1.807, 2.05) is 36.7 Å². The Bertz CT molecular complexity index is 508. The van der Waals surface area contributed by atoms with E-state index < -0.39 is 14.4 Å². The second-order valence-corrected chi connectivity index (χ2v) is 26.7. The Morgan fingerprint density at radius 3 is 1.46 bits per heavy atom. The lowest BCUT2D eigenvalue weighted by Crippen LogP contribution is -2.27. The molecule has 26 heavy (non-hydrogen) atoms. The van der Waals surface area contributed by atoms with E-state index in [0.717, 1.165) is 16.6 Å². The van der Waals surface area contributed by atoms with Crippen LogP contribution in [0.5, 0.6) is 0 Å². The quantitative estimate of drug-likeness (QED) is 0.272. The van der Waals surface area contributed by atoms with E-state index in [2.05, 4.69) is 88.5 Å². The average Bonchev–Trinajstić information content (AvgIpc) is 2.54. The third-order valence-electron chi connectivity index (χ3n) is 2.39. The van der Waals surface area contributed by atoms with Crippen LogP contribution >= 0.6 is 39.2 Å². The number of halogens is 1. The van der Waals surface area contributed by atoms with E-state index >= 15 is 0 Å². The molecule has 0 aliphatic carbocycles. The first-order valence-corrected chi connectivity index (χ1v) is 19.2. The van der Waals surface area contributed by atoms with Crippen molar-refractivity contribution >= 4 is 53.7 Å². The highest BCUT2D eigenvalue weighted by atomic mass is 79.9. The lowest BCUT2D eigenvalue weighted by atomic mass is 10.3.